The zero-order chi connectivity index (χ0) is 19.1. The fraction of sp³-hybridized carbons (Fsp3) is 0.688. The molecular formula is C16H22O10. The molecule has 0 spiro atoms. The van der Waals surface area contributed by atoms with Crippen molar-refractivity contribution >= 4 is 5.97 Å². The van der Waals surface area contributed by atoms with E-state index in [1.165, 1.54) is 6.08 Å². The van der Waals surface area contributed by atoms with E-state index in [1.54, 1.807) is 0 Å². The summed E-state index contributed by atoms with van der Waals surface area (Å²) in [6.07, 6.45) is -6.10. The normalized spacial score (nSPS) is 45.8. The Kier molecular flexibility index (Phi) is 5.35. The van der Waals surface area contributed by atoms with Crippen LogP contribution in [-0.2, 0) is 23.7 Å². The van der Waals surface area contributed by atoms with E-state index >= 15 is 0 Å². The van der Waals surface area contributed by atoms with Crippen LogP contribution in [0, 0.1) is 5.92 Å². The Labute approximate surface area is 148 Å². The van der Waals surface area contributed by atoms with Crippen LogP contribution in [0.15, 0.2) is 24.5 Å². The molecule has 0 aromatic carbocycles. The van der Waals surface area contributed by atoms with Gasteiger partial charge in [0.25, 0.3) is 0 Å². The molecule has 0 aromatic heterocycles. The number of hydrogen-bond acceptors (Lipinski definition) is 10. The molecule has 26 heavy (non-hydrogen) atoms. The van der Waals surface area contributed by atoms with Crippen molar-refractivity contribution in [2.45, 2.75) is 49.0 Å². The van der Waals surface area contributed by atoms with E-state index < -0.39 is 61.1 Å². The van der Waals surface area contributed by atoms with Gasteiger partial charge in [0.05, 0.1) is 25.4 Å². The van der Waals surface area contributed by atoms with Gasteiger partial charge in [-0.05, 0) is 0 Å². The van der Waals surface area contributed by atoms with Crippen LogP contribution in [-0.4, -0.2) is 87.3 Å². The molecule has 0 aromatic rings. The lowest BCUT2D eigenvalue weighted by atomic mass is 9.76. The van der Waals surface area contributed by atoms with Crippen LogP contribution in [0.2, 0.25) is 0 Å². The van der Waals surface area contributed by atoms with E-state index in [-0.39, 0.29) is 18.6 Å². The molecule has 10 nitrogen and oxygen atoms in total. The maximum atomic E-state index is 11.8. The molecule has 0 bridgehead atoms. The average Bonchev–Trinajstić information content (AvgIpc) is 2.61. The standard InChI is InChI=1S/C16H22O10/c1-2-7-14(24-6-8-13(21)23-4-3-16(7,8)22)26-15-12(20)11(19)10(18)9(5-17)25-15/h2,6-7,9-12,14-15,17-20,22H,1,3-5H2/t7-,9+,10+,11-,12-,14-,15-,16+/m0/s1. The predicted octanol–water partition coefficient (Wildman–Crippen LogP) is -2.48. The van der Waals surface area contributed by atoms with Crippen LogP contribution >= 0.6 is 0 Å². The van der Waals surface area contributed by atoms with Gasteiger partial charge >= 0.3 is 5.97 Å². The number of aliphatic hydroxyl groups is 5. The van der Waals surface area contributed by atoms with Crippen molar-refractivity contribution in [2.75, 3.05) is 13.2 Å². The molecule has 5 N–H and O–H groups in total. The van der Waals surface area contributed by atoms with Gasteiger partial charge in [-0.25, -0.2) is 4.79 Å². The Morgan fingerprint density at radius 3 is 2.65 bits per heavy atom. The summed E-state index contributed by atoms with van der Waals surface area (Å²) in [6.45, 7) is 3.03. The monoisotopic (exact) mass is 374 g/mol. The number of esters is 1. The van der Waals surface area contributed by atoms with E-state index in [1.807, 2.05) is 0 Å². The third-order valence-corrected chi connectivity index (χ3v) is 4.94. The summed E-state index contributed by atoms with van der Waals surface area (Å²) in [5, 5.41) is 49.9. The fourth-order valence-corrected chi connectivity index (χ4v) is 3.36. The van der Waals surface area contributed by atoms with Gasteiger partial charge in [-0.1, -0.05) is 6.08 Å². The Bertz CT molecular complexity index is 590. The molecule has 0 saturated carbocycles. The molecule has 0 amide bonds. The molecule has 3 aliphatic heterocycles. The molecule has 2 saturated heterocycles. The van der Waals surface area contributed by atoms with Crippen LogP contribution in [0.1, 0.15) is 6.42 Å². The van der Waals surface area contributed by atoms with Crippen molar-refractivity contribution in [3.8, 4) is 0 Å². The summed E-state index contributed by atoms with van der Waals surface area (Å²) in [5.74, 6) is -1.61. The van der Waals surface area contributed by atoms with Gasteiger partial charge in [-0.3, -0.25) is 0 Å². The van der Waals surface area contributed by atoms with Gasteiger partial charge in [0, 0.05) is 6.42 Å². The second kappa shape index (κ2) is 7.24. The summed E-state index contributed by atoms with van der Waals surface area (Å²) in [6, 6.07) is 0. The van der Waals surface area contributed by atoms with Gasteiger partial charge in [0.1, 0.15) is 35.6 Å². The summed E-state index contributed by atoms with van der Waals surface area (Å²) >= 11 is 0. The van der Waals surface area contributed by atoms with E-state index in [0.29, 0.717) is 0 Å². The second-order valence-corrected chi connectivity index (χ2v) is 6.44. The molecule has 0 aliphatic carbocycles. The highest BCUT2D eigenvalue weighted by Gasteiger charge is 2.54. The van der Waals surface area contributed by atoms with E-state index in [0.717, 1.165) is 6.26 Å². The SMILES string of the molecule is C=C[C@H]1[C@H](O[C@@H]2O[C@H](CO)[C@@H](O)[C@H](O)[C@@H]2O)OC=C2C(=O)OCC[C@]21O. The minimum Gasteiger partial charge on any atom is -0.471 e. The number of rotatable bonds is 4. The number of ether oxygens (including phenoxy) is 4. The van der Waals surface area contributed by atoms with E-state index in [4.69, 9.17) is 18.9 Å². The van der Waals surface area contributed by atoms with Crippen LogP contribution < -0.4 is 0 Å². The lowest BCUT2D eigenvalue weighted by molar-refractivity contribution is -0.344. The van der Waals surface area contributed by atoms with E-state index in [9.17, 15) is 30.3 Å². The molecule has 0 unspecified atom stereocenters. The average molecular weight is 374 g/mol. The summed E-state index contributed by atoms with van der Waals surface area (Å²) in [5.41, 5.74) is -1.70. The maximum Gasteiger partial charge on any atom is 0.340 e. The third-order valence-electron chi connectivity index (χ3n) is 4.94. The predicted molar refractivity (Wildman–Crippen MR) is 82.0 cm³/mol. The zero-order valence-electron chi connectivity index (χ0n) is 13.8. The van der Waals surface area contributed by atoms with Crippen LogP contribution in [0.4, 0.5) is 0 Å². The first-order valence-corrected chi connectivity index (χ1v) is 8.17. The molecule has 8 atom stereocenters. The van der Waals surface area contributed by atoms with Crippen molar-refractivity contribution in [2.24, 2.45) is 5.92 Å². The fourth-order valence-electron chi connectivity index (χ4n) is 3.36. The third kappa shape index (κ3) is 3.03. The van der Waals surface area contributed by atoms with E-state index in [2.05, 4.69) is 6.58 Å². The Morgan fingerprint density at radius 1 is 1.27 bits per heavy atom. The molecule has 2 fully saturated rings. The second-order valence-electron chi connectivity index (χ2n) is 6.44. The molecule has 10 heteroatoms. The topological polar surface area (TPSA) is 155 Å². The van der Waals surface area contributed by atoms with Crippen LogP contribution in [0.25, 0.3) is 0 Å². The quantitative estimate of drug-likeness (QED) is 0.264. The number of hydrogen-bond donors (Lipinski definition) is 5. The lowest BCUT2D eigenvalue weighted by Gasteiger charge is -2.46. The first-order valence-electron chi connectivity index (χ1n) is 8.17. The summed E-state index contributed by atoms with van der Waals surface area (Å²) < 4.78 is 21.1. The van der Waals surface area contributed by atoms with Crippen molar-refractivity contribution in [1.29, 1.82) is 0 Å². The lowest BCUT2D eigenvalue weighted by Crippen LogP contribution is -2.61. The maximum absolute atomic E-state index is 11.8. The molecule has 0 radical (unpaired) electrons. The minimum absolute atomic E-state index is 0.00375. The summed E-state index contributed by atoms with van der Waals surface area (Å²) in [4.78, 5) is 11.8. The number of aliphatic hydroxyl groups excluding tert-OH is 4. The van der Waals surface area contributed by atoms with Gasteiger partial charge in [0.15, 0.2) is 6.29 Å². The number of carbonyl (C=O) groups is 1. The van der Waals surface area contributed by atoms with Gasteiger partial charge in [0.2, 0.25) is 6.29 Å². The molecule has 3 rings (SSSR count). The van der Waals surface area contributed by atoms with Crippen molar-refractivity contribution < 1.29 is 49.3 Å². The highest BCUT2D eigenvalue weighted by atomic mass is 16.8. The Balaban J connectivity index is 1.81. The van der Waals surface area contributed by atoms with Crippen molar-refractivity contribution in [3.63, 3.8) is 0 Å². The highest BCUT2D eigenvalue weighted by Crippen LogP contribution is 2.42. The van der Waals surface area contributed by atoms with Crippen molar-refractivity contribution in [3.05, 3.63) is 24.5 Å². The number of carbonyl (C=O) groups excluding carboxylic acids is 1. The van der Waals surface area contributed by atoms with Gasteiger partial charge in [-0.15, -0.1) is 6.58 Å². The molecule has 3 heterocycles. The van der Waals surface area contributed by atoms with Crippen molar-refractivity contribution in [1.82, 2.24) is 0 Å². The summed E-state index contributed by atoms with van der Waals surface area (Å²) in [7, 11) is 0. The first kappa shape index (κ1) is 19.2. The smallest absolute Gasteiger partial charge is 0.340 e. The van der Waals surface area contributed by atoms with Crippen LogP contribution in [0.3, 0.4) is 0 Å². The zero-order valence-corrected chi connectivity index (χ0v) is 13.8. The first-order chi connectivity index (χ1) is 12.3. The Morgan fingerprint density at radius 2 is 2.00 bits per heavy atom. The molecule has 3 aliphatic rings. The Hall–Kier alpha value is -1.53. The highest BCUT2D eigenvalue weighted by molar-refractivity contribution is 5.91. The van der Waals surface area contributed by atoms with Gasteiger partial charge in [-0.2, -0.15) is 0 Å². The largest absolute Gasteiger partial charge is 0.471 e. The number of fused-ring (bicyclic) bond motifs is 1. The number of cyclic esters (lactones) is 1. The van der Waals surface area contributed by atoms with Crippen LogP contribution in [0.5, 0.6) is 0 Å². The minimum atomic E-state index is -1.63. The van der Waals surface area contributed by atoms with Gasteiger partial charge < -0.3 is 44.5 Å². The molecule has 146 valence electrons. The molecular weight excluding hydrogens is 352 g/mol.